The van der Waals surface area contributed by atoms with Crippen LogP contribution < -0.4 is 0 Å². The van der Waals surface area contributed by atoms with E-state index in [1.807, 2.05) is 0 Å². The molecule has 0 saturated heterocycles. The molecule has 0 aliphatic carbocycles. The van der Waals surface area contributed by atoms with Crippen molar-refractivity contribution in [2.24, 2.45) is 0 Å². The number of ketones is 1. The summed E-state index contributed by atoms with van der Waals surface area (Å²) in [7, 11) is 0. The van der Waals surface area contributed by atoms with Crippen molar-refractivity contribution in [2.45, 2.75) is 6.92 Å². The largest absolute Gasteiger partial charge is 0.294 e. The van der Waals surface area contributed by atoms with Gasteiger partial charge in [0.1, 0.15) is 5.82 Å². The Labute approximate surface area is 102 Å². The molecule has 2 aromatic carbocycles. The van der Waals surface area contributed by atoms with Crippen molar-refractivity contribution in [3.05, 3.63) is 59.4 Å². The zero-order chi connectivity index (χ0) is 13.3. The van der Waals surface area contributed by atoms with E-state index in [9.17, 15) is 18.0 Å². The van der Waals surface area contributed by atoms with Gasteiger partial charge in [-0.2, -0.15) is 0 Å². The summed E-state index contributed by atoms with van der Waals surface area (Å²) in [6, 6.07) is 7.05. The highest BCUT2D eigenvalue weighted by Gasteiger charge is 2.15. The van der Waals surface area contributed by atoms with Crippen LogP contribution in [0.1, 0.15) is 17.3 Å². The molecule has 18 heavy (non-hydrogen) atoms. The smallest absolute Gasteiger partial charge is 0.166 e. The van der Waals surface area contributed by atoms with Crippen molar-refractivity contribution in [1.82, 2.24) is 0 Å². The van der Waals surface area contributed by atoms with Crippen LogP contribution in [0.3, 0.4) is 0 Å². The first kappa shape index (κ1) is 12.4. The van der Waals surface area contributed by atoms with Crippen LogP contribution in [0.4, 0.5) is 13.2 Å². The van der Waals surface area contributed by atoms with Crippen molar-refractivity contribution >= 4 is 5.78 Å². The van der Waals surface area contributed by atoms with Crippen molar-refractivity contribution in [1.29, 1.82) is 0 Å². The van der Waals surface area contributed by atoms with Crippen LogP contribution in [0.2, 0.25) is 0 Å². The lowest BCUT2D eigenvalue weighted by Gasteiger charge is -2.08. The second kappa shape index (κ2) is 4.64. The standard InChI is InChI=1S/C14H9F3O/c1-8(18)12-7-9(15)5-6-10(12)11-3-2-4-13(16)14(11)17/h2-7H,1H3. The molecule has 0 N–H and O–H groups in total. The molecule has 0 bridgehead atoms. The molecule has 0 spiro atoms. The van der Waals surface area contributed by atoms with Gasteiger partial charge in [0.2, 0.25) is 0 Å². The Morgan fingerprint density at radius 3 is 2.39 bits per heavy atom. The maximum absolute atomic E-state index is 13.7. The van der Waals surface area contributed by atoms with Crippen molar-refractivity contribution < 1.29 is 18.0 Å². The first-order valence-electron chi connectivity index (χ1n) is 5.25. The second-order valence-corrected chi connectivity index (χ2v) is 3.85. The van der Waals surface area contributed by atoms with Crippen LogP contribution in [0.25, 0.3) is 11.1 Å². The lowest BCUT2D eigenvalue weighted by molar-refractivity contribution is 0.101. The Hall–Kier alpha value is -2.10. The van der Waals surface area contributed by atoms with Crippen LogP contribution >= 0.6 is 0 Å². The molecular formula is C14H9F3O. The number of rotatable bonds is 2. The molecule has 0 aromatic heterocycles. The molecule has 0 saturated carbocycles. The highest BCUT2D eigenvalue weighted by molar-refractivity contribution is 6.00. The third-order valence-corrected chi connectivity index (χ3v) is 2.60. The van der Waals surface area contributed by atoms with E-state index >= 15 is 0 Å². The van der Waals surface area contributed by atoms with Gasteiger partial charge < -0.3 is 0 Å². The number of carbonyl (C=O) groups excluding carboxylic acids is 1. The third kappa shape index (κ3) is 2.14. The minimum absolute atomic E-state index is 0.0273. The SMILES string of the molecule is CC(=O)c1cc(F)ccc1-c1cccc(F)c1F. The molecule has 0 unspecified atom stereocenters. The van der Waals surface area contributed by atoms with Gasteiger partial charge in [-0.3, -0.25) is 4.79 Å². The molecule has 0 aliphatic rings. The molecule has 2 aromatic rings. The minimum atomic E-state index is -1.05. The quantitative estimate of drug-likeness (QED) is 0.737. The molecule has 0 amide bonds. The summed E-state index contributed by atoms with van der Waals surface area (Å²) in [5.41, 5.74) is 0.153. The average molecular weight is 250 g/mol. The average Bonchev–Trinajstić information content (AvgIpc) is 2.33. The number of carbonyl (C=O) groups is 1. The normalized spacial score (nSPS) is 10.4. The van der Waals surface area contributed by atoms with Crippen molar-refractivity contribution in [3.8, 4) is 11.1 Å². The third-order valence-electron chi connectivity index (χ3n) is 2.60. The predicted molar refractivity (Wildman–Crippen MR) is 61.8 cm³/mol. The Kier molecular flexibility index (Phi) is 3.19. The molecule has 92 valence electrons. The summed E-state index contributed by atoms with van der Waals surface area (Å²) >= 11 is 0. The summed E-state index contributed by atoms with van der Waals surface area (Å²) in [4.78, 5) is 11.4. The summed E-state index contributed by atoms with van der Waals surface area (Å²) in [5, 5.41) is 0. The van der Waals surface area contributed by atoms with E-state index in [2.05, 4.69) is 0 Å². The van der Waals surface area contributed by atoms with Crippen LogP contribution in [0.15, 0.2) is 36.4 Å². The van der Waals surface area contributed by atoms with Gasteiger partial charge in [-0.15, -0.1) is 0 Å². The van der Waals surface area contributed by atoms with Gasteiger partial charge in [-0.05, 0) is 30.7 Å². The summed E-state index contributed by atoms with van der Waals surface area (Å²) in [6.45, 7) is 1.25. The first-order valence-corrected chi connectivity index (χ1v) is 5.25. The molecule has 4 heteroatoms. The van der Waals surface area contributed by atoms with E-state index in [4.69, 9.17) is 0 Å². The fourth-order valence-corrected chi connectivity index (χ4v) is 1.75. The monoisotopic (exact) mass is 250 g/mol. The van der Waals surface area contributed by atoms with E-state index in [-0.39, 0.29) is 16.7 Å². The van der Waals surface area contributed by atoms with Gasteiger partial charge in [-0.25, -0.2) is 13.2 Å². The Bertz CT molecular complexity index is 620. The Morgan fingerprint density at radius 2 is 1.72 bits per heavy atom. The summed E-state index contributed by atoms with van der Waals surface area (Å²) in [5.74, 6) is -3.06. The molecular weight excluding hydrogens is 241 g/mol. The van der Waals surface area contributed by atoms with Crippen molar-refractivity contribution in [3.63, 3.8) is 0 Å². The second-order valence-electron chi connectivity index (χ2n) is 3.85. The number of benzene rings is 2. The maximum atomic E-state index is 13.7. The van der Waals surface area contributed by atoms with Gasteiger partial charge in [0.25, 0.3) is 0 Å². The minimum Gasteiger partial charge on any atom is -0.294 e. The first-order chi connectivity index (χ1) is 8.50. The topological polar surface area (TPSA) is 17.1 Å². The zero-order valence-corrected chi connectivity index (χ0v) is 9.51. The molecule has 1 nitrogen and oxygen atoms in total. The fraction of sp³-hybridized carbons (Fsp3) is 0.0714. The maximum Gasteiger partial charge on any atom is 0.166 e. The fourth-order valence-electron chi connectivity index (χ4n) is 1.75. The van der Waals surface area contributed by atoms with Gasteiger partial charge in [0.05, 0.1) is 0 Å². The highest BCUT2D eigenvalue weighted by Crippen LogP contribution is 2.28. The number of hydrogen-bond donors (Lipinski definition) is 0. The van der Waals surface area contributed by atoms with Crippen molar-refractivity contribution in [2.75, 3.05) is 0 Å². The van der Waals surface area contributed by atoms with Crippen LogP contribution in [0.5, 0.6) is 0 Å². The predicted octanol–water partition coefficient (Wildman–Crippen LogP) is 3.97. The van der Waals surface area contributed by atoms with Gasteiger partial charge in [0.15, 0.2) is 17.4 Å². The van der Waals surface area contributed by atoms with E-state index < -0.39 is 23.2 Å². The Balaban J connectivity index is 2.71. The summed E-state index contributed by atoms with van der Waals surface area (Å²) in [6.07, 6.45) is 0. The number of halogens is 3. The lowest BCUT2D eigenvalue weighted by Crippen LogP contribution is -1.99. The molecule has 0 fully saturated rings. The number of hydrogen-bond acceptors (Lipinski definition) is 1. The van der Waals surface area contributed by atoms with Gasteiger partial charge in [-0.1, -0.05) is 18.2 Å². The highest BCUT2D eigenvalue weighted by atomic mass is 19.2. The van der Waals surface area contributed by atoms with E-state index in [0.717, 1.165) is 18.2 Å². The Morgan fingerprint density at radius 1 is 1.00 bits per heavy atom. The molecule has 0 atom stereocenters. The van der Waals surface area contributed by atoms with E-state index in [1.165, 1.54) is 25.1 Å². The molecule has 0 aliphatic heterocycles. The molecule has 2 rings (SSSR count). The van der Waals surface area contributed by atoms with Crippen LogP contribution in [0, 0.1) is 17.5 Å². The molecule has 0 radical (unpaired) electrons. The number of Topliss-reactive ketones (excluding diaryl/α,β-unsaturated/α-hetero) is 1. The van der Waals surface area contributed by atoms with Gasteiger partial charge >= 0.3 is 0 Å². The molecule has 0 heterocycles. The zero-order valence-electron chi connectivity index (χ0n) is 9.51. The van der Waals surface area contributed by atoms with E-state index in [0.29, 0.717) is 0 Å². The van der Waals surface area contributed by atoms with Crippen LogP contribution in [-0.4, -0.2) is 5.78 Å². The van der Waals surface area contributed by atoms with Gasteiger partial charge in [0, 0.05) is 11.1 Å². The summed E-state index contributed by atoms with van der Waals surface area (Å²) < 4.78 is 39.9. The lowest BCUT2D eigenvalue weighted by atomic mass is 9.97. The van der Waals surface area contributed by atoms with Crippen LogP contribution in [-0.2, 0) is 0 Å². The van der Waals surface area contributed by atoms with E-state index in [1.54, 1.807) is 0 Å².